The van der Waals surface area contributed by atoms with Gasteiger partial charge in [0.15, 0.2) is 0 Å². The van der Waals surface area contributed by atoms with Gasteiger partial charge in [-0.2, -0.15) is 74.6 Å². The molecule has 0 saturated carbocycles. The molecule has 1 saturated heterocycles. The van der Waals surface area contributed by atoms with Gasteiger partial charge in [0.2, 0.25) is 0 Å². The van der Waals surface area contributed by atoms with E-state index in [4.69, 9.17) is 0 Å². The maximum atomic E-state index is 13.7. The maximum Gasteiger partial charge on any atom is 0.460 e. The Morgan fingerprint density at radius 2 is 0.879 bits per heavy atom. The normalized spacial score (nSPS) is 21.8. The molecule has 0 aliphatic carbocycles. The second-order valence-electron chi connectivity index (χ2n) is 5.78. The van der Waals surface area contributed by atoms with Crippen molar-refractivity contribution in [2.24, 2.45) is 0 Å². The molecule has 0 radical (unpaired) electrons. The third-order valence-corrected chi connectivity index (χ3v) is 5.84. The van der Waals surface area contributed by atoms with Crippen LogP contribution in [0.3, 0.4) is 0 Å². The van der Waals surface area contributed by atoms with Crippen LogP contribution in [-0.2, 0) is 14.9 Å². The molecule has 1 fully saturated rings. The summed E-state index contributed by atoms with van der Waals surface area (Å²) in [4.78, 5) is 2.81. The van der Waals surface area contributed by atoms with Crippen LogP contribution < -0.4 is 0 Å². The molecule has 1 aliphatic rings. The van der Waals surface area contributed by atoms with Gasteiger partial charge in [-0.1, -0.05) is 0 Å². The van der Waals surface area contributed by atoms with Crippen molar-refractivity contribution in [3.63, 3.8) is 0 Å². The van der Waals surface area contributed by atoms with Gasteiger partial charge < -0.3 is 0 Å². The summed E-state index contributed by atoms with van der Waals surface area (Å²) in [5.41, 5.74) is -5.59. The van der Waals surface area contributed by atoms with Crippen molar-refractivity contribution in [3.8, 4) is 0 Å². The van der Waals surface area contributed by atoms with E-state index in [9.17, 15) is 83.1 Å². The molecule has 24 heteroatoms. The van der Waals surface area contributed by atoms with Crippen LogP contribution in [0, 0.1) is 0 Å². The van der Waals surface area contributed by atoms with Crippen LogP contribution in [0.15, 0.2) is 0 Å². The molecule has 1 heterocycles. The molecule has 0 N–H and O–H groups in total. The molecule has 1 aliphatic heterocycles. The molecule has 1 atom stereocenters. The molecule has 0 aromatic carbocycles. The second-order valence-corrected chi connectivity index (χ2v) is 8.52. The summed E-state index contributed by atoms with van der Waals surface area (Å²) >= 11 is 7.91. The van der Waals surface area contributed by atoms with Crippen molar-refractivity contribution in [3.05, 3.63) is 0 Å². The predicted molar refractivity (Wildman–Crippen MR) is 67.0 cm³/mol. The Hall–Kier alpha value is -0.740. The lowest BCUT2D eigenvalue weighted by Crippen LogP contribution is -2.71. The van der Waals surface area contributed by atoms with E-state index in [1.807, 2.05) is 0 Å². The number of sulfonamides is 1. The monoisotopic (exact) mass is 595 g/mol. The average Bonchev–Trinajstić information content (AvgIpc) is 3.30. The summed E-state index contributed by atoms with van der Waals surface area (Å²) in [6.07, 6.45) is -7.83. The highest BCUT2D eigenvalue weighted by atomic mass is 35.5. The zero-order valence-electron chi connectivity index (χ0n) is 13.8. The van der Waals surface area contributed by atoms with Crippen LogP contribution in [0.4, 0.5) is 74.6 Å². The summed E-state index contributed by atoms with van der Waals surface area (Å²) in [7, 11) is -8.36. The first-order valence-electron chi connectivity index (χ1n) is 6.67. The van der Waals surface area contributed by atoms with Crippen LogP contribution >= 0.6 is 23.2 Å². The van der Waals surface area contributed by atoms with Gasteiger partial charge in [0, 0.05) is 0 Å². The van der Waals surface area contributed by atoms with Crippen LogP contribution in [0.1, 0.15) is 0 Å². The molecule has 4 nitrogen and oxygen atoms in total. The number of nitrogens with zero attached hydrogens (tertiary/aromatic N) is 1. The fourth-order valence-corrected chi connectivity index (χ4v) is 3.85. The quantitative estimate of drug-likeness (QED) is 0.208. The van der Waals surface area contributed by atoms with Crippen molar-refractivity contribution in [2.75, 3.05) is 0 Å². The third-order valence-electron chi connectivity index (χ3n) is 3.66. The van der Waals surface area contributed by atoms with Crippen molar-refractivity contribution in [1.82, 2.24) is 4.47 Å². The zero-order chi connectivity index (χ0) is 27.3. The highest BCUT2D eigenvalue weighted by Crippen LogP contribution is 2.66. The third kappa shape index (κ3) is 3.60. The molecule has 0 bridgehead atoms. The summed E-state index contributed by atoms with van der Waals surface area (Å²) < 4.78 is 241. The Morgan fingerprint density at radius 1 is 0.576 bits per heavy atom. The van der Waals surface area contributed by atoms with Gasteiger partial charge in [0.25, 0.3) is 0 Å². The number of alkyl halides is 19. The Bertz CT molecular complexity index is 875. The minimum absolute atomic E-state index is 2.63. The molecule has 1 unspecified atom stereocenters. The fourth-order valence-electron chi connectivity index (χ4n) is 1.81. The Balaban J connectivity index is 3.71. The Kier molecular flexibility index (Phi) is 6.57. The summed E-state index contributed by atoms with van der Waals surface area (Å²) in [5.74, 6) is -34.0. The molecule has 1 rings (SSSR count). The van der Waals surface area contributed by atoms with Crippen LogP contribution in [0.25, 0.3) is 0 Å². The molecular formula is C9Cl2F17NO3S. The van der Waals surface area contributed by atoms with E-state index >= 15 is 0 Å². The largest absolute Gasteiger partial charge is 0.460 e. The lowest BCUT2D eigenvalue weighted by molar-refractivity contribution is -0.433. The number of halogens is 19. The van der Waals surface area contributed by atoms with Crippen molar-refractivity contribution < 1.29 is 87.9 Å². The number of rotatable bonds is 8. The van der Waals surface area contributed by atoms with E-state index < -0.39 is 66.1 Å². The first-order chi connectivity index (χ1) is 13.8. The molecule has 0 aromatic rings. The van der Waals surface area contributed by atoms with E-state index in [2.05, 4.69) is 28.0 Å². The first-order valence-corrected chi connectivity index (χ1v) is 8.87. The number of hydrogen-bond acceptors (Lipinski definition) is 3. The SMILES string of the molecule is O=S(=O)(N1OC1(C(F)(F)Cl)C(F)(F)Cl)C(F)(F)C(F)(F)C(F)(F)C(F)(F)C(F)(F)C(F)(F)F. The second kappa shape index (κ2) is 7.15. The maximum absolute atomic E-state index is 13.7. The van der Waals surface area contributed by atoms with Gasteiger partial charge in [-0.3, -0.25) is 0 Å². The van der Waals surface area contributed by atoms with E-state index in [1.165, 1.54) is 0 Å². The molecule has 0 amide bonds. The fraction of sp³-hybridized carbons (Fsp3) is 1.00. The van der Waals surface area contributed by atoms with Gasteiger partial charge in [0.05, 0.1) is 0 Å². The summed E-state index contributed by atoms with van der Waals surface area (Å²) in [6, 6.07) is 0. The van der Waals surface area contributed by atoms with Gasteiger partial charge in [-0.15, -0.1) is 0 Å². The van der Waals surface area contributed by atoms with Gasteiger partial charge >= 0.3 is 61.6 Å². The van der Waals surface area contributed by atoms with Crippen molar-refractivity contribution in [1.29, 1.82) is 0 Å². The average molecular weight is 596 g/mol. The Labute approximate surface area is 178 Å². The molecule has 33 heavy (non-hydrogen) atoms. The molecular weight excluding hydrogens is 596 g/mol. The highest BCUT2D eigenvalue weighted by molar-refractivity contribution is 7.90. The standard InChI is InChI=1S/C9Cl2F17NO3S/c10-6(20,21)5(7(11,22)23)29(32-5)33(30,31)9(27,28)4(18,19)2(14,15)1(12,13)3(16,17)8(24,25)26. The smallest absolute Gasteiger partial charge is 0.239 e. The van der Waals surface area contributed by atoms with Gasteiger partial charge in [0.1, 0.15) is 0 Å². The summed E-state index contributed by atoms with van der Waals surface area (Å²) in [6.45, 7) is 0. The number of hydroxylamine groups is 1. The zero-order valence-corrected chi connectivity index (χ0v) is 16.1. The Morgan fingerprint density at radius 3 is 1.12 bits per heavy atom. The van der Waals surface area contributed by atoms with Crippen LogP contribution in [0.5, 0.6) is 0 Å². The lowest BCUT2D eigenvalue weighted by atomic mass is 9.98. The summed E-state index contributed by atoms with van der Waals surface area (Å²) in [5, 5.41) is -20.1. The van der Waals surface area contributed by atoms with E-state index in [0.29, 0.717) is 0 Å². The minimum atomic E-state index is -8.67. The van der Waals surface area contributed by atoms with Crippen LogP contribution in [-0.4, -0.2) is 64.5 Å². The molecule has 198 valence electrons. The topological polar surface area (TPSA) is 49.7 Å². The highest BCUT2D eigenvalue weighted by Gasteiger charge is 2.96. The minimum Gasteiger partial charge on any atom is -0.239 e. The van der Waals surface area contributed by atoms with Gasteiger partial charge in [-0.25, -0.2) is 13.3 Å². The van der Waals surface area contributed by atoms with E-state index in [-0.39, 0.29) is 0 Å². The van der Waals surface area contributed by atoms with E-state index in [0.717, 1.165) is 0 Å². The molecule has 0 spiro atoms. The van der Waals surface area contributed by atoms with Gasteiger partial charge in [-0.05, 0) is 27.7 Å². The molecule has 0 aromatic heterocycles. The van der Waals surface area contributed by atoms with Crippen LogP contribution in [0.2, 0.25) is 0 Å². The first kappa shape index (κ1) is 30.3. The van der Waals surface area contributed by atoms with E-state index in [1.54, 1.807) is 0 Å². The predicted octanol–water partition coefficient (Wildman–Crippen LogP) is 5.62. The van der Waals surface area contributed by atoms with Crippen molar-refractivity contribution >= 4 is 33.2 Å². The number of hydrogen-bond donors (Lipinski definition) is 0. The van der Waals surface area contributed by atoms with Crippen molar-refractivity contribution in [2.45, 2.75) is 51.6 Å². The lowest BCUT2D eigenvalue weighted by Gasteiger charge is -2.39.